The number of likely N-dealkylation sites (tertiary alicyclic amines) is 1. The summed E-state index contributed by atoms with van der Waals surface area (Å²) in [6.45, 7) is 4.97. The van der Waals surface area contributed by atoms with Crippen molar-refractivity contribution in [2.24, 2.45) is 5.92 Å². The van der Waals surface area contributed by atoms with Crippen molar-refractivity contribution in [2.45, 2.75) is 25.7 Å². The molecule has 120 valence electrons. The lowest BCUT2D eigenvalue weighted by Gasteiger charge is -2.37. The molecular weight excluding hydrogens is 278 g/mol. The van der Waals surface area contributed by atoms with E-state index in [0.29, 0.717) is 24.0 Å². The third-order valence-electron chi connectivity index (χ3n) is 4.15. The van der Waals surface area contributed by atoms with Gasteiger partial charge in [-0.15, -0.1) is 12.8 Å². The third-order valence-corrected chi connectivity index (χ3v) is 4.15. The molecule has 4 heteroatoms. The molecule has 1 unspecified atom stereocenters. The van der Waals surface area contributed by atoms with Gasteiger partial charge in [0.1, 0.15) is 5.75 Å². The Bertz CT molecular complexity index is 498. The summed E-state index contributed by atoms with van der Waals surface area (Å²) in [5.74, 6) is 1.19. The molecule has 0 spiro atoms. The Morgan fingerprint density at radius 1 is 1.45 bits per heavy atom. The SMILES string of the molecule is C#C.COC(=O)CCN1CCC(c2cccc(O)c2)[C@@H](C)C1. The van der Waals surface area contributed by atoms with Crippen LogP contribution in [0.2, 0.25) is 0 Å². The molecule has 0 bridgehead atoms. The molecule has 4 nitrogen and oxygen atoms in total. The number of carbonyl (C=O) groups is 1. The number of benzene rings is 1. The zero-order chi connectivity index (χ0) is 16.5. The summed E-state index contributed by atoms with van der Waals surface area (Å²) in [6.07, 6.45) is 9.52. The summed E-state index contributed by atoms with van der Waals surface area (Å²) in [6, 6.07) is 7.57. The van der Waals surface area contributed by atoms with Crippen LogP contribution in [0.1, 0.15) is 31.2 Å². The van der Waals surface area contributed by atoms with E-state index in [2.05, 4.69) is 35.5 Å². The van der Waals surface area contributed by atoms with E-state index in [1.807, 2.05) is 12.1 Å². The minimum atomic E-state index is -0.146. The number of ether oxygens (including phenoxy) is 1. The number of nitrogens with zero attached hydrogens (tertiary/aromatic N) is 1. The van der Waals surface area contributed by atoms with Crippen LogP contribution in [0.15, 0.2) is 24.3 Å². The highest BCUT2D eigenvalue weighted by atomic mass is 16.5. The van der Waals surface area contributed by atoms with E-state index in [1.165, 1.54) is 12.7 Å². The predicted octanol–water partition coefficient (Wildman–Crippen LogP) is 2.63. The second kappa shape index (κ2) is 9.11. The van der Waals surface area contributed by atoms with Crippen LogP contribution in [0.5, 0.6) is 5.75 Å². The lowest BCUT2D eigenvalue weighted by molar-refractivity contribution is -0.141. The molecule has 1 aromatic rings. The highest BCUT2D eigenvalue weighted by Gasteiger charge is 2.27. The maximum absolute atomic E-state index is 11.2. The normalized spacial score (nSPS) is 21.5. The predicted molar refractivity (Wildman–Crippen MR) is 87.6 cm³/mol. The Balaban J connectivity index is 0.00000116. The smallest absolute Gasteiger partial charge is 0.306 e. The van der Waals surface area contributed by atoms with Crippen molar-refractivity contribution >= 4 is 5.97 Å². The summed E-state index contributed by atoms with van der Waals surface area (Å²) in [7, 11) is 1.43. The molecule has 0 saturated carbocycles. The third kappa shape index (κ3) is 5.09. The summed E-state index contributed by atoms with van der Waals surface area (Å²) in [5, 5.41) is 9.59. The number of terminal acetylenes is 1. The number of esters is 1. The molecule has 1 heterocycles. The fourth-order valence-electron chi connectivity index (χ4n) is 3.04. The van der Waals surface area contributed by atoms with Gasteiger partial charge in [0.25, 0.3) is 0 Å². The fourth-order valence-corrected chi connectivity index (χ4v) is 3.04. The van der Waals surface area contributed by atoms with Gasteiger partial charge in [-0.2, -0.15) is 0 Å². The monoisotopic (exact) mass is 303 g/mol. The second-order valence-corrected chi connectivity index (χ2v) is 5.59. The van der Waals surface area contributed by atoms with E-state index in [1.54, 1.807) is 6.07 Å². The van der Waals surface area contributed by atoms with Gasteiger partial charge in [-0.25, -0.2) is 0 Å². The lowest BCUT2D eigenvalue weighted by Crippen LogP contribution is -2.39. The molecule has 1 N–H and O–H groups in total. The Hall–Kier alpha value is -1.99. The minimum Gasteiger partial charge on any atom is -0.508 e. The van der Waals surface area contributed by atoms with Crippen molar-refractivity contribution in [1.29, 1.82) is 0 Å². The van der Waals surface area contributed by atoms with Crippen molar-refractivity contribution < 1.29 is 14.6 Å². The molecule has 0 radical (unpaired) electrons. The zero-order valence-corrected chi connectivity index (χ0v) is 13.4. The summed E-state index contributed by atoms with van der Waals surface area (Å²) in [4.78, 5) is 13.5. The molecule has 0 amide bonds. The maximum atomic E-state index is 11.2. The van der Waals surface area contributed by atoms with Gasteiger partial charge < -0.3 is 14.7 Å². The fraction of sp³-hybridized carbons (Fsp3) is 0.500. The zero-order valence-electron chi connectivity index (χ0n) is 13.4. The van der Waals surface area contributed by atoms with Crippen LogP contribution in [0.25, 0.3) is 0 Å². The van der Waals surface area contributed by atoms with Crippen LogP contribution in [0.4, 0.5) is 0 Å². The Morgan fingerprint density at radius 2 is 2.18 bits per heavy atom. The molecule has 22 heavy (non-hydrogen) atoms. The second-order valence-electron chi connectivity index (χ2n) is 5.59. The van der Waals surface area contributed by atoms with Crippen LogP contribution < -0.4 is 0 Å². The van der Waals surface area contributed by atoms with Crippen molar-refractivity contribution in [2.75, 3.05) is 26.7 Å². The number of phenols is 1. The van der Waals surface area contributed by atoms with Gasteiger partial charge in [-0.05, 0) is 42.5 Å². The van der Waals surface area contributed by atoms with Gasteiger partial charge in [0.15, 0.2) is 0 Å². The number of hydrogen-bond acceptors (Lipinski definition) is 4. The van der Waals surface area contributed by atoms with Gasteiger partial charge in [0.2, 0.25) is 0 Å². The average molecular weight is 303 g/mol. The first-order valence-corrected chi connectivity index (χ1v) is 7.51. The maximum Gasteiger partial charge on any atom is 0.306 e. The molecule has 1 aliphatic rings. The molecule has 1 saturated heterocycles. The van der Waals surface area contributed by atoms with E-state index in [-0.39, 0.29) is 5.97 Å². The number of carbonyl (C=O) groups excluding carboxylic acids is 1. The Morgan fingerprint density at radius 3 is 2.77 bits per heavy atom. The number of aromatic hydroxyl groups is 1. The molecular formula is C18H25NO3. The summed E-state index contributed by atoms with van der Waals surface area (Å²) in [5.41, 5.74) is 1.21. The first kappa shape index (κ1) is 18.1. The molecule has 0 aromatic heterocycles. The first-order chi connectivity index (χ1) is 10.6. The summed E-state index contributed by atoms with van der Waals surface area (Å²) < 4.78 is 4.68. The largest absolute Gasteiger partial charge is 0.508 e. The lowest BCUT2D eigenvalue weighted by atomic mass is 9.81. The van der Waals surface area contributed by atoms with E-state index in [0.717, 1.165) is 26.1 Å². The number of hydrogen-bond donors (Lipinski definition) is 1. The Labute approximate surface area is 133 Å². The van der Waals surface area contributed by atoms with Crippen molar-refractivity contribution in [3.63, 3.8) is 0 Å². The number of phenolic OH excluding ortho intramolecular Hbond substituents is 1. The van der Waals surface area contributed by atoms with Gasteiger partial charge >= 0.3 is 5.97 Å². The van der Waals surface area contributed by atoms with Gasteiger partial charge in [0, 0.05) is 13.1 Å². The molecule has 1 fully saturated rings. The quantitative estimate of drug-likeness (QED) is 0.686. The highest BCUT2D eigenvalue weighted by Crippen LogP contribution is 2.33. The number of piperidine rings is 1. The van der Waals surface area contributed by atoms with Crippen LogP contribution in [0, 0.1) is 18.8 Å². The Kier molecular flexibility index (Phi) is 7.48. The minimum absolute atomic E-state index is 0.146. The van der Waals surface area contributed by atoms with Crippen LogP contribution in [-0.4, -0.2) is 42.7 Å². The number of rotatable bonds is 4. The van der Waals surface area contributed by atoms with Crippen molar-refractivity contribution in [3.8, 4) is 18.6 Å². The van der Waals surface area contributed by atoms with Crippen LogP contribution >= 0.6 is 0 Å². The van der Waals surface area contributed by atoms with E-state index < -0.39 is 0 Å². The highest BCUT2D eigenvalue weighted by molar-refractivity contribution is 5.69. The summed E-state index contributed by atoms with van der Waals surface area (Å²) >= 11 is 0. The topological polar surface area (TPSA) is 49.8 Å². The molecule has 0 aliphatic carbocycles. The van der Waals surface area contributed by atoms with Crippen molar-refractivity contribution in [3.05, 3.63) is 29.8 Å². The van der Waals surface area contributed by atoms with Gasteiger partial charge in [-0.3, -0.25) is 4.79 Å². The average Bonchev–Trinajstić information content (AvgIpc) is 2.54. The van der Waals surface area contributed by atoms with E-state index in [4.69, 9.17) is 0 Å². The van der Waals surface area contributed by atoms with Crippen LogP contribution in [0.3, 0.4) is 0 Å². The molecule has 1 aliphatic heterocycles. The van der Waals surface area contributed by atoms with Gasteiger partial charge in [0.05, 0.1) is 13.5 Å². The standard InChI is InChI=1S/C16H23NO3.C2H2/c1-12-11-17(9-7-16(19)20-2)8-6-15(12)13-4-3-5-14(18)10-13;1-2/h3-5,10,12,15,18H,6-9,11H2,1-2H3;1-2H/t12-,15?;/m0./s1. The molecule has 2 rings (SSSR count). The molecule has 2 atom stereocenters. The van der Waals surface area contributed by atoms with Crippen molar-refractivity contribution in [1.82, 2.24) is 4.90 Å². The number of methoxy groups -OCH3 is 1. The van der Waals surface area contributed by atoms with Crippen LogP contribution in [-0.2, 0) is 9.53 Å². The first-order valence-electron chi connectivity index (χ1n) is 7.51. The molecule has 1 aromatic carbocycles. The van der Waals surface area contributed by atoms with E-state index in [9.17, 15) is 9.90 Å². The van der Waals surface area contributed by atoms with E-state index >= 15 is 0 Å². The van der Waals surface area contributed by atoms with Gasteiger partial charge in [-0.1, -0.05) is 19.1 Å².